The second-order valence-electron chi connectivity index (χ2n) is 10.1. The molecule has 2 saturated carbocycles. The van der Waals surface area contributed by atoms with Crippen molar-refractivity contribution in [1.29, 1.82) is 0 Å². The maximum Gasteiger partial charge on any atom is 0.331 e. The molecule has 0 saturated heterocycles. The normalized spacial score (nSPS) is 39.0. The van der Waals surface area contributed by atoms with Crippen LogP contribution in [-0.2, 0) is 28.6 Å². The van der Waals surface area contributed by atoms with Gasteiger partial charge in [0.05, 0.1) is 16.9 Å². The SMILES string of the molecule is CC(=O)OCC12C(OC(C)=O)CC(C)C(C)(CCC3=CC(=O)OC3)C1CCCC2(O)CCl. The molecule has 0 amide bonds. The topological polar surface area (TPSA) is 99.1 Å². The van der Waals surface area contributed by atoms with Gasteiger partial charge in [0.2, 0.25) is 0 Å². The van der Waals surface area contributed by atoms with Gasteiger partial charge in [0.15, 0.2) is 0 Å². The predicted molar refractivity (Wildman–Crippen MR) is 118 cm³/mol. The van der Waals surface area contributed by atoms with Crippen LogP contribution in [0.4, 0.5) is 0 Å². The number of halogens is 1. The summed E-state index contributed by atoms with van der Waals surface area (Å²) in [6.07, 6.45) is 4.96. The molecule has 0 spiro atoms. The van der Waals surface area contributed by atoms with Gasteiger partial charge in [-0.05, 0) is 54.9 Å². The zero-order valence-corrected chi connectivity index (χ0v) is 20.2. The number of esters is 3. The molecule has 0 bridgehead atoms. The van der Waals surface area contributed by atoms with Crippen LogP contribution in [0.15, 0.2) is 11.6 Å². The Bertz CT molecular complexity index is 795. The van der Waals surface area contributed by atoms with Crippen LogP contribution in [0, 0.1) is 22.7 Å². The Morgan fingerprint density at radius 1 is 1.31 bits per heavy atom. The van der Waals surface area contributed by atoms with E-state index in [1.165, 1.54) is 13.8 Å². The predicted octanol–water partition coefficient (Wildman–Crippen LogP) is 3.55. The van der Waals surface area contributed by atoms with Crippen molar-refractivity contribution in [3.05, 3.63) is 11.6 Å². The van der Waals surface area contributed by atoms with Crippen LogP contribution in [0.1, 0.15) is 66.2 Å². The summed E-state index contributed by atoms with van der Waals surface area (Å²) in [7, 11) is 0. The summed E-state index contributed by atoms with van der Waals surface area (Å²) >= 11 is 6.38. The highest BCUT2D eigenvalue weighted by Crippen LogP contribution is 2.65. The molecule has 1 heterocycles. The van der Waals surface area contributed by atoms with E-state index in [0.29, 0.717) is 25.9 Å². The van der Waals surface area contributed by atoms with Gasteiger partial charge < -0.3 is 19.3 Å². The maximum atomic E-state index is 12.1. The lowest BCUT2D eigenvalue weighted by Crippen LogP contribution is -2.71. The van der Waals surface area contributed by atoms with Crippen LogP contribution in [0.5, 0.6) is 0 Å². The maximum absolute atomic E-state index is 12.1. The zero-order valence-electron chi connectivity index (χ0n) is 19.4. The molecular weight excluding hydrogens is 436 g/mol. The van der Waals surface area contributed by atoms with Gasteiger partial charge in [-0.2, -0.15) is 0 Å². The number of carbonyl (C=O) groups is 3. The highest BCUT2D eigenvalue weighted by atomic mass is 35.5. The fourth-order valence-electron chi connectivity index (χ4n) is 6.50. The molecule has 3 aliphatic rings. The number of hydrogen-bond acceptors (Lipinski definition) is 7. The number of aliphatic hydroxyl groups is 1. The third kappa shape index (κ3) is 4.30. The first-order valence-electron chi connectivity index (χ1n) is 11.4. The Morgan fingerprint density at radius 3 is 2.59 bits per heavy atom. The van der Waals surface area contributed by atoms with Gasteiger partial charge in [0.25, 0.3) is 0 Å². The molecule has 2 aliphatic carbocycles. The summed E-state index contributed by atoms with van der Waals surface area (Å²) in [5, 5.41) is 11.9. The van der Waals surface area contributed by atoms with Gasteiger partial charge >= 0.3 is 17.9 Å². The van der Waals surface area contributed by atoms with Gasteiger partial charge in [0, 0.05) is 19.9 Å². The highest BCUT2D eigenvalue weighted by Gasteiger charge is 2.69. The molecule has 3 rings (SSSR count). The van der Waals surface area contributed by atoms with Gasteiger partial charge in [0.1, 0.15) is 19.3 Å². The van der Waals surface area contributed by atoms with Crippen molar-refractivity contribution in [1.82, 2.24) is 0 Å². The molecule has 2 fully saturated rings. The van der Waals surface area contributed by atoms with Crippen molar-refractivity contribution in [2.24, 2.45) is 22.7 Å². The Morgan fingerprint density at radius 2 is 2.03 bits per heavy atom. The molecule has 1 N–H and O–H groups in total. The van der Waals surface area contributed by atoms with Gasteiger partial charge in [-0.3, -0.25) is 9.59 Å². The van der Waals surface area contributed by atoms with Crippen LogP contribution >= 0.6 is 11.6 Å². The van der Waals surface area contributed by atoms with Crippen molar-refractivity contribution >= 4 is 29.5 Å². The van der Waals surface area contributed by atoms with E-state index in [9.17, 15) is 19.5 Å². The van der Waals surface area contributed by atoms with E-state index >= 15 is 0 Å². The molecule has 7 nitrogen and oxygen atoms in total. The van der Waals surface area contributed by atoms with E-state index in [-0.39, 0.29) is 35.7 Å². The van der Waals surface area contributed by atoms with Crippen LogP contribution in [-0.4, -0.2) is 53.8 Å². The molecule has 0 aromatic rings. The van der Waals surface area contributed by atoms with E-state index in [0.717, 1.165) is 24.8 Å². The minimum atomic E-state index is -1.35. The van der Waals surface area contributed by atoms with Crippen LogP contribution in [0.25, 0.3) is 0 Å². The van der Waals surface area contributed by atoms with E-state index in [1.54, 1.807) is 6.08 Å². The van der Waals surface area contributed by atoms with E-state index in [2.05, 4.69) is 13.8 Å². The lowest BCUT2D eigenvalue weighted by Gasteiger charge is -2.65. The fourth-order valence-corrected chi connectivity index (χ4v) is 6.88. The van der Waals surface area contributed by atoms with Crippen molar-refractivity contribution in [3.8, 4) is 0 Å². The largest absolute Gasteiger partial charge is 0.465 e. The Hall–Kier alpha value is -1.60. The zero-order chi connectivity index (χ0) is 23.7. The van der Waals surface area contributed by atoms with Crippen molar-refractivity contribution in [3.63, 3.8) is 0 Å². The number of fused-ring (bicyclic) bond motifs is 1. The van der Waals surface area contributed by atoms with Crippen LogP contribution in [0.2, 0.25) is 0 Å². The molecule has 0 radical (unpaired) electrons. The van der Waals surface area contributed by atoms with Gasteiger partial charge in [-0.1, -0.05) is 20.3 Å². The van der Waals surface area contributed by atoms with E-state index < -0.39 is 29.1 Å². The number of ether oxygens (including phenoxy) is 3. The van der Waals surface area contributed by atoms with E-state index in [4.69, 9.17) is 25.8 Å². The van der Waals surface area contributed by atoms with Crippen molar-refractivity contribution in [2.75, 3.05) is 19.1 Å². The molecular formula is C24H35ClO7. The number of carbonyl (C=O) groups excluding carboxylic acids is 3. The third-order valence-electron chi connectivity index (χ3n) is 8.39. The summed E-state index contributed by atoms with van der Waals surface area (Å²) in [4.78, 5) is 35.4. The minimum absolute atomic E-state index is 0.0412. The number of alkyl halides is 1. The van der Waals surface area contributed by atoms with Crippen molar-refractivity contribution < 1.29 is 33.7 Å². The fraction of sp³-hybridized carbons (Fsp3) is 0.792. The first-order chi connectivity index (χ1) is 15.0. The van der Waals surface area contributed by atoms with Crippen LogP contribution < -0.4 is 0 Å². The second kappa shape index (κ2) is 9.34. The summed E-state index contributed by atoms with van der Waals surface area (Å²) in [6, 6.07) is 0. The summed E-state index contributed by atoms with van der Waals surface area (Å²) in [6.45, 7) is 7.30. The van der Waals surface area contributed by atoms with Gasteiger partial charge in [-0.15, -0.1) is 11.6 Å². The average molecular weight is 471 g/mol. The number of cyclic esters (lactones) is 1. The average Bonchev–Trinajstić information content (AvgIpc) is 3.14. The Labute approximate surface area is 194 Å². The molecule has 32 heavy (non-hydrogen) atoms. The first kappa shape index (κ1) is 25.0. The molecule has 6 unspecified atom stereocenters. The molecule has 6 atom stereocenters. The number of hydrogen-bond donors (Lipinski definition) is 1. The van der Waals surface area contributed by atoms with Crippen LogP contribution in [0.3, 0.4) is 0 Å². The first-order valence-corrected chi connectivity index (χ1v) is 12.0. The monoisotopic (exact) mass is 470 g/mol. The number of rotatable bonds is 7. The van der Waals surface area contributed by atoms with Gasteiger partial charge in [-0.25, -0.2) is 4.79 Å². The smallest absolute Gasteiger partial charge is 0.331 e. The minimum Gasteiger partial charge on any atom is -0.465 e. The summed E-state index contributed by atoms with van der Waals surface area (Å²) < 4.78 is 16.4. The lowest BCUT2D eigenvalue weighted by atomic mass is 9.42. The highest BCUT2D eigenvalue weighted by molar-refractivity contribution is 6.18. The lowest BCUT2D eigenvalue weighted by molar-refractivity contribution is -0.268. The standard InChI is InChI=1S/C24H35ClO7/c1-15-10-20(32-17(3)27)24(14-31-16(2)26)19(6-5-8-23(24,29)13-25)22(15,4)9-7-18-11-21(28)30-12-18/h11,15,19-20,29H,5-10,12-14H2,1-4H3. The molecule has 0 aromatic heterocycles. The Balaban J connectivity index is 2.06. The van der Waals surface area contributed by atoms with Crippen molar-refractivity contribution in [2.45, 2.75) is 77.9 Å². The Kier molecular flexibility index (Phi) is 7.30. The quantitative estimate of drug-likeness (QED) is 0.345. The molecule has 1 aliphatic heterocycles. The van der Waals surface area contributed by atoms with E-state index in [1.807, 2.05) is 0 Å². The third-order valence-corrected chi connectivity index (χ3v) is 8.83. The molecule has 8 heteroatoms. The molecule has 180 valence electrons. The summed E-state index contributed by atoms with van der Waals surface area (Å²) in [5.74, 6) is -1.16. The summed E-state index contributed by atoms with van der Waals surface area (Å²) in [5.41, 5.74) is -1.66. The second-order valence-corrected chi connectivity index (χ2v) is 10.3. The molecule has 0 aromatic carbocycles.